The predicted octanol–water partition coefficient (Wildman–Crippen LogP) is 2.61. The maximum atomic E-state index is 11.7. The van der Waals surface area contributed by atoms with Crippen LogP contribution in [0, 0.1) is 0 Å². The second-order valence-electron chi connectivity index (χ2n) is 6.69. The summed E-state index contributed by atoms with van der Waals surface area (Å²) in [4.78, 5) is 11.7. The molecule has 0 bridgehead atoms. The lowest BCUT2D eigenvalue weighted by Gasteiger charge is -2.09. The van der Waals surface area contributed by atoms with Gasteiger partial charge in [0.2, 0.25) is 0 Å². The summed E-state index contributed by atoms with van der Waals surface area (Å²) in [5, 5.41) is 10.1. The Morgan fingerprint density at radius 1 is 0.700 bits per heavy atom. The summed E-state index contributed by atoms with van der Waals surface area (Å²) in [6.07, 6.45) is 0. The average Bonchev–Trinajstić information content (AvgIpc) is 2.76. The number of nitrogens with two attached hydrogens (primary N) is 1. The molecule has 5 N–H and O–H groups in total. The molecule has 0 aliphatic carbocycles. The van der Waals surface area contributed by atoms with E-state index < -0.39 is 10.2 Å². The summed E-state index contributed by atoms with van der Waals surface area (Å²) in [7, 11) is -3.74. The van der Waals surface area contributed by atoms with Crippen molar-refractivity contribution in [3.8, 4) is 22.3 Å². The third-order valence-corrected chi connectivity index (χ3v) is 5.05. The first-order valence-electron chi connectivity index (χ1n) is 9.44. The van der Waals surface area contributed by atoms with E-state index in [1.54, 1.807) is 0 Å². The third-order valence-electron chi connectivity index (χ3n) is 4.45. The molecule has 8 heteroatoms. The van der Waals surface area contributed by atoms with Gasteiger partial charge in [-0.3, -0.25) is 0 Å². The summed E-state index contributed by atoms with van der Waals surface area (Å²) in [5.41, 5.74) is 5.53. The van der Waals surface area contributed by atoms with Gasteiger partial charge < -0.3 is 10.6 Å². The Bertz CT molecular complexity index is 1070. The molecule has 0 unspecified atom stereocenters. The van der Waals surface area contributed by atoms with Gasteiger partial charge >= 0.3 is 6.03 Å². The lowest BCUT2D eigenvalue weighted by Crippen LogP contribution is -2.41. The minimum absolute atomic E-state index is 0.0318. The molecule has 0 radical (unpaired) electrons. The highest BCUT2D eigenvalue weighted by atomic mass is 32.2. The van der Waals surface area contributed by atoms with Gasteiger partial charge in [-0.15, -0.1) is 0 Å². The SMILES string of the molecule is NS(=O)(=O)NCCNC(=O)NCc1ccc(-c2ccc(-c3ccccc3)cc2)cc1. The molecule has 0 fully saturated rings. The van der Waals surface area contributed by atoms with Gasteiger partial charge in [0.25, 0.3) is 10.2 Å². The van der Waals surface area contributed by atoms with Gasteiger partial charge in [0.1, 0.15) is 0 Å². The van der Waals surface area contributed by atoms with Crippen LogP contribution >= 0.6 is 0 Å². The fraction of sp³-hybridized carbons (Fsp3) is 0.136. The van der Waals surface area contributed by atoms with Crippen LogP contribution in [0.3, 0.4) is 0 Å². The van der Waals surface area contributed by atoms with Gasteiger partial charge in [-0.1, -0.05) is 78.9 Å². The van der Waals surface area contributed by atoms with Crippen molar-refractivity contribution >= 4 is 16.2 Å². The predicted molar refractivity (Wildman–Crippen MR) is 119 cm³/mol. The highest BCUT2D eigenvalue weighted by Gasteiger charge is 2.04. The lowest BCUT2D eigenvalue weighted by atomic mass is 10.00. The summed E-state index contributed by atoms with van der Waals surface area (Å²) < 4.78 is 23.6. The molecule has 30 heavy (non-hydrogen) atoms. The first-order valence-corrected chi connectivity index (χ1v) is 11.0. The van der Waals surface area contributed by atoms with Crippen molar-refractivity contribution < 1.29 is 13.2 Å². The Kier molecular flexibility index (Phi) is 7.18. The van der Waals surface area contributed by atoms with Crippen molar-refractivity contribution in [3.63, 3.8) is 0 Å². The van der Waals surface area contributed by atoms with E-state index >= 15 is 0 Å². The van der Waals surface area contributed by atoms with E-state index in [2.05, 4.69) is 51.8 Å². The van der Waals surface area contributed by atoms with Gasteiger partial charge in [-0.2, -0.15) is 8.42 Å². The summed E-state index contributed by atoms with van der Waals surface area (Å²) >= 11 is 0. The zero-order valence-electron chi connectivity index (χ0n) is 16.3. The van der Waals surface area contributed by atoms with E-state index in [1.165, 1.54) is 11.1 Å². The van der Waals surface area contributed by atoms with Gasteiger partial charge in [-0.05, 0) is 27.8 Å². The van der Waals surface area contributed by atoms with Crippen LogP contribution in [0.5, 0.6) is 0 Å². The number of nitrogens with one attached hydrogen (secondary N) is 3. The average molecular weight is 425 g/mol. The summed E-state index contributed by atoms with van der Waals surface area (Å²) in [6.45, 7) is 0.534. The molecule has 0 aliphatic rings. The fourth-order valence-corrected chi connectivity index (χ4v) is 3.30. The zero-order valence-corrected chi connectivity index (χ0v) is 17.2. The van der Waals surface area contributed by atoms with Gasteiger partial charge in [-0.25, -0.2) is 14.7 Å². The van der Waals surface area contributed by atoms with E-state index in [4.69, 9.17) is 5.14 Å². The highest BCUT2D eigenvalue weighted by molar-refractivity contribution is 7.87. The molecule has 3 aromatic carbocycles. The number of carbonyl (C=O) groups is 1. The summed E-state index contributed by atoms with van der Waals surface area (Å²) in [6, 6.07) is 26.2. The van der Waals surface area contributed by atoms with E-state index in [-0.39, 0.29) is 19.1 Å². The molecule has 0 saturated carbocycles. The molecule has 0 saturated heterocycles. The van der Waals surface area contributed by atoms with E-state index in [9.17, 15) is 13.2 Å². The van der Waals surface area contributed by atoms with Crippen LogP contribution in [-0.2, 0) is 16.8 Å². The highest BCUT2D eigenvalue weighted by Crippen LogP contribution is 2.25. The Balaban J connectivity index is 1.49. The van der Waals surface area contributed by atoms with Crippen LogP contribution < -0.4 is 20.5 Å². The van der Waals surface area contributed by atoms with E-state index in [0.717, 1.165) is 16.7 Å². The zero-order chi connectivity index (χ0) is 21.4. The number of rotatable bonds is 8. The topological polar surface area (TPSA) is 113 Å². The first-order chi connectivity index (χ1) is 14.4. The molecule has 0 heterocycles. The number of benzene rings is 3. The van der Waals surface area contributed by atoms with Crippen LogP contribution in [0.15, 0.2) is 78.9 Å². The first kappa shape index (κ1) is 21.5. The lowest BCUT2D eigenvalue weighted by molar-refractivity contribution is 0.240. The minimum Gasteiger partial charge on any atom is -0.337 e. The number of carbonyl (C=O) groups excluding carboxylic acids is 1. The summed E-state index contributed by atoms with van der Waals surface area (Å²) in [5.74, 6) is 0. The Morgan fingerprint density at radius 2 is 1.20 bits per heavy atom. The van der Waals surface area contributed by atoms with E-state index in [1.807, 2.05) is 42.5 Å². The van der Waals surface area contributed by atoms with Gasteiger partial charge in [0, 0.05) is 19.6 Å². The molecule has 7 nitrogen and oxygen atoms in total. The number of hydrogen-bond acceptors (Lipinski definition) is 3. The molecule has 0 aliphatic heterocycles. The van der Waals surface area contributed by atoms with Gasteiger partial charge in [0.15, 0.2) is 0 Å². The monoisotopic (exact) mass is 424 g/mol. The van der Waals surface area contributed by atoms with Crippen molar-refractivity contribution in [3.05, 3.63) is 84.4 Å². The molecule has 0 aromatic heterocycles. The van der Waals surface area contributed by atoms with Crippen molar-refractivity contribution in [2.45, 2.75) is 6.54 Å². The number of amides is 2. The van der Waals surface area contributed by atoms with Gasteiger partial charge in [0.05, 0.1) is 0 Å². The molecule has 0 spiro atoms. The maximum Gasteiger partial charge on any atom is 0.315 e. The fourth-order valence-electron chi connectivity index (χ4n) is 2.91. The van der Waals surface area contributed by atoms with Crippen LogP contribution in [0.2, 0.25) is 0 Å². The molecule has 3 rings (SSSR count). The Hall–Kier alpha value is -3.20. The van der Waals surface area contributed by atoms with Crippen molar-refractivity contribution in [1.82, 2.24) is 15.4 Å². The largest absolute Gasteiger partial charge is 0.337 e. The molecule has 3 aromatic rings. The maximum absolute atomic E-state index is 11.7. The quantitative estimate of drug-likeness (QED) is 0.417. The smallest absolute Gasteiger partial charge is 0.315 e. The van der Waals surface area contributed by atoms with Crippen LogP contribution in [-0.4, -0.2) is 27.5 Å². The Morgan fingerprint density at radius 3 is 1.73 bits per heavy atom. The molecule has 2 amide bonds. The van der Waals surface area contributed by atoms with Crippen molar-refractivity contribution in [2.75, 3.05) is 13.1 Å². The molecule has 156 valence electrons. The normalized spacial score (nSPS) is 11.1. The number of urea groups is 1. The van der Waals surface area contributed by atoms with E-state index in [0.29, 0.717) is 6.54 Å². The van der Waals surface area contributed by atoms with Crippen molar-refractivity contribution in [2.24, 2.45) is 5.14 Å². The third kappa shape index (κ3) is 6.70. The standard InChI is InChI=1S/C22H24N4O3S/c23-30(28,29)26-15-14-24-22(27)25-16-17-6-8-19(9-7-17)21-12-10-20(11-13-21)18-4-2-1-3-5-18/h1-13,26H,14-16H2,(H2,23,28,29)(H2,24,25,27). The number of hydrogen-bond donors (Lipinski definition) is 4. The Labute approximate surface area is 176 Å². The minimum atomic E-state index is -3.74. The van der Waals surface area contributed by atoms with Crippen molar-refractivity contribution in [1.29, 1.82) is 0 Å². The van der Waals surface area contributed by atoms with Crippen LogP contribution in [0.25, 0.3) is 22.3 Å². The second kappa shape index (κ2) is 10.0. The molecular weight excluding hydrogens is 400 g/mol. The molecule has 0 atom stereocenters. The molecular formula is C22H24N4O3S. The second-order valence-corrected chi connectivity index (χ2v) is 8.07. The van der Waals surface area contributed by atoms with Crippen LogP contribution in [0.4, 0.5) is 4.79 Å². The van der Waals surface area contributed by atoms with Crippen LogP contribution in [0.1, 0.15) is 5.56 Å².